The predicted octanol–water partition coefficient (Wildman–Crippen LogP) is 5.00. The smallest absolute Gasteiger partial charge is 0.407 e. The lowest BCUT2D eigenvalue weighted by atomic mass is 9.92. The van der Waals surface area contributed by atoms with Crippen LogP contribution in [0.25, 0.3) is 0 Å². The summed E-state index contributed by atoms with van der Waals surface area (Å²) in [5.41, 5.74) is 3.03. The van der Waals surface area contributed by atoms with Crippen LogP contribution in [0.5, 0.6) is 0 Å². The van der Waals surface area contributed by atoms with Gasteiger partial charge in [-0.1, -0.05) is 66.7 Å². The summed E-state index contributed by atoms with van der Waals surface area (Å²) in [7, 11) is 0. The third kappa shape index (κ3) is 13.1. The zero-order chi connectivity index (χ0) is 33.9. The Labute approximate surface area is 278 Å². The van der Waals surface area contributed by atoms with Crippen molar-refractivity contribution in [3.8, 4) is 0 Å². The van der Waals surface area contributed by atoms with Crippen molar-refractivity contribution in [2.45, 2.75) is 83.0 Å². The summed E-state index contributed by atoms with van der Waals surface area (Å²) >= 11 is 0. The summed E-state index contributed by atoms with van der Waals surface area (Å²) in [4.78, 5) is 53.1. The Bertz CT molecular complexity index is 1320. The number of ether oxygens (including phenoxy) is 2. The molecule has 10 nitrogen and oxygen atoms in total. The molecule has 3 atom stereocenters. The molecule has 0 saturated carbocycles. The molecule has 3 N–H and O–H groups in total. The number of carbonyl (C=O) groups excluding carboxylic acids is 4. The molecule has 0 unspecified atom stereocenters. The van der Waals surface area contributed by atoms with Crippen LogP contribution in [-0.4, -0.2) is 65.7 Å². The van der Waals surface area contributed by atoms with Crippen LogP contribution < -0.4 is 10.6 Å². The molecule has 0 radical (unpaired) electrons. The second-order valence-electron chi connectivity index (χ2n) is 11.8. The highest BCUT2D eigenvalue weighted by atomic mass is 16.5. The molecule has 10 heteroatoms. The first kappa shape index (κ1) is 37.0. The van der Waals surface area contributed by atoms with E-state index in [1.165, 1.54) is 0 Å². The molecule has 254 valence electrons. The average Bonchev–Trinajstić information content (AvgIpc) is 3.09. The number of nitrogens with zero attached hydrogens (tertiary/aromatic N) is 1. The van der Waals surface area contributed by atoms with Crippen LogP contribution in [0.2, 0.25) is 0 Å². The van der Waals surface area contributed by atoms with Gasteiger partial charge in [0.1, 0.15) is 13.2 Å². The van der Waals surface area contributed by atoms with Crippen LogP contribution >= 0.6 is 0 Å². The molecule has 0 saturated heterocycles. The molecule has 0 bridgehead atoms. The van der Waals surface area contributed by atoms with E-state index >= 15 is 0 Å². The molecular weight excluding hydrogens is 598 g/mol. The van der Waals surface area contributed by atoms with Gasteiger partial charge in [0.2, 0.25) is 11.8 Å². The number of carbonyl (C=O) groups is 4. The molecular formula is C37H49N3O7. The maximum absolute atomic E-state index is 13.5. The van der Waals surface area contributed by atoms with E-state index in [0.29, 0.717) is 51.6 Å². The maximum atomic E-state index is 13.5. The van der Waals surface area contributed by atoms with Gasteiger partial charge in [0.25, 0.3) is 0 Å². The maximum Gasteiger partial charge on any atom is 0.407 e. The van der Waals surface area contributed by atoms with E-state index in [1.807, 2.05) is 54.6 Å². The molecule has 47 heavy (non-hydrogen) atoms. The number of fused-ring (bicyclic) bond motifs is 1. The van der Waals surface area contributed by atoms with Crippen molar-refractivity contribution in [2.24, 2.45) is 5.92 Å². The molecule has 2 aromatic rings. The number of amides is 3. The fraction of sp³-hybridized carbons (Fsp3) is 0.459. The van der Waals surface area contributed by atoms with Crippen molar-refractivity contribution in [3.05, 3.63) is 96.6 Å². The van der Waals surface area contributed by atoms with Crippen LogP contribution in [0.4, 0.5) is 4.79 Å². The number of rotatable bonds is 20. The summed E-state index contributed by atoms with van der Waals surface area (Å²) in [5.74, 6) is -1.57. The number of aliphatic hydroxyl groups is 1. The van der Waals surface area contributed by atoms with Gasteiger partial charge in [0.05, 0.1) is 24.6 Å². The van der Waals surface area contributed by atoms with Crippen molar-refractivity contribution in [3.63, 3.8) is 0 Å². The number of nitrogens with one attached hydrogen (secondary N) is 2. The Morgan fingerprint density at radius 2 is 1.70 bits per heavy atom. The molecule has 0 aliphatic carbocycles. The second-order valence-corrected chi connectivity index (χ2v) is 11.8. The van der Waals surface area contributed by atoms with Gasteiger partial charge in [-0.15, -0.1) is 13.2 Å². The molecule has 0 spiro atoms. The minimum Gasteiger partial charge on any atom is -0.463 e. The third-order valence-electron chi connectivity index (χ3n) is 8.17. The van der Waals surface area contributed by atoms with E-state index in [4.69, 9.17) is 9.47 Å². The molecule has 0 fully saturated rings. The van der Waals surface area contributed by atoms with E-state index in [9.17, 15) is 24.3 Å². The average molecular weight is 648 g/mol. The summed E-state index contributed by atoms with van der Waals surface area (Å²) in [6.45, 7) is 8.22. The summed E-state index contributed by atoms with van der Waals surface area (Å²) < 4.78 is 10.7. The quantitative estimate of drug-likeness (QED) is 0.105. The predicted molar refractivity (Wildman–Crippen MR) is 180 cm³/mol. The molecule has 0 aromatic heterocycles. The molecule has 1 aliphatic heterocycles. The topological polar surface area (TPSA) is 134 Å². The van der Waals surface area contributed by atoms with E-state index in [-0.39, 0.29) is 62.9 Å². The van der Waals surface area contributed by atoms with Gasteiger partial charge in [-0.2, -0.15) is 0 Å². The third-order valence-corrected chi connectivity index (χ3v) is 8.17. The first-order chi connectivity index (χ1) is 22.8. The first-order valence-electron chi connectivity index (χ1n) is 16.4. The highest BCUT2D eigenvalue weighted by Crippen LogP contribution is 2.25. The minimum atomic E-state index is -0.677. The number of aliphatic hydroxyl groups excluding tert-OH is 1. The Hall–Kier alpha value is -4.44. The lowest BCUT2D eigenvalue weighted by Crippen LogP contribution is -2.48. The van der Waals surface area contributed by atoms with Crippen LogP contribution in [0, 0.1) is 5.92 Å². The summed E-state index contributed by atoms with van der Waals surface area (Å²) in [6.07, 6.45) is 6.98. The van der Waals surface area contributed by atoms with Crippen molar-refractivity contribution >= 4 is 23.9 Å². The van der Waals surface area contributed by atoms with Gasteiger partial charge in [0, 0.05) is 25.9 Å². The fourth-order valence-corrected chi connectivity index (χ4v) is 5.51. The lowest BCUT2D eigenvalue weighted by Gasteiger charge is -2.36. The van der Waals surface area contributed by atoms with Gasteiger partial charge in [-0.25, -0.2) is 4.79 Å². The van der Waals surface area contributed by atoms with Crippen molar-refractivity contribution in [1.29, 1.82) is 0 Å². The Kier molecular flexibility index (Phi) is 16.3. The monoisotopic (exact) mass is 647 g/mol. The van der Waals surface area contributed by atoms with Gasteiger partial charge in [-0.3, -0.25) is 14.4 Å². The number of unbranched alkanes of at least 4 members (excludes halogenated alkanes) is 2. The summed E-state index contributed by atoms with van der Waals surface area (Å²) in [6, 6.07) is 16.4. The number of esters is 1. The SMILES string of the molecule is C=CCCCC(=O)OC[C@H](CCCCNC(=O)OCc1ccccc1)NC(=O)[C@H](CC=C)CC(=O)N1Cc2ccccc2C[C@H]1CO. The highest BCUT2D eigenvalue weighted by molar-refractivity contribution is 5.86. The number of hydrogen-bond donors (Lipinski definition) is 3. The number of benzene rings is 2. The number of hydrogen-bond acceptors (Lipinski definition) is 7. The molecule has 3 amide bonds. The lowest BCUT2D eigenvalue weighted by molar-refractivity contribution is -0.145. The van der Waals surface area contributed by atoms with Crippen molar-refractivity contribution in [2.75, 3.05) is 19.8 Å². The van der Waals surface area contributed by atoms with E-state index in [1.54, 1.807) is 17.1 Å². The van der Waals surface area contributed by atoms with Crippen LogP contribution in [0.3, 0.4) is 0 Å². The molecule has 2 aromatic carbocycles. The number of alkyl carbamates (subject to hydrolysis) is 1. The zero-order valence-electron chi connectivity index (χ0n) is 27.2. The van der Waals surface area contributed by atoms with Crippen LogP contribution in [0.1, 0.15) is 68.1 Å². The normalized spacial score (nSPS) is 15.0. The van der Waals surface area contributed by atoms with E-state index < -0.39 is 18.1 Å². The van der Waals surface area contributed by atoms with Crippen LogP contribution in [0.15, 0.2) is 79.9 Å². The van der Waals surface area contributed by atoms with Gasteiger partial charge in [0.15, 0.2) is 0 Å². The molecule has 3 rings (SSSR count). The summed E-state index contributed by atoms with van der Waals surface area (Å²) in [5, 5.41) is 15.8. The van der Waals surface area contributed by atoms with Gasteiger partial charge in [-0.05, 0) is 61.6 Å². The Morgan fingerprint density at radius 3 is 2.43 bits per heavy atom. The fourth-order valence-electron chi connectivity index (χ4n) is 5.51. The Morgan fingerprint density at radius 1 is 0.957 bits per heavy atom. The van der Waals surface area contributed by atoms with Gasteiger partial charge >= 0.3 is 12.1 Å². The van der Waals surface area contributed by atoms with E-state index in [2.05, 4.69) is 23.8 Å². The minimum absolute atomic E-state index is 0.00450. The first-order valence-corrected chi connectivity index (χ1v) is 16.4. The van der Waals surface area contributed by atoms with Crippen LogP contribution in [-0.2, 0) is 43.4 Å². The molecule has 1 heterocycles. The highest BCUT2D eigenvalue weighted by Gasteiger charge is 2.32. The number of allylic oxidation sites excluding steroid dienone is 2. The standard InChI is InChI=1S/C37H49N3O7/c1-3-5-7-20-35(43)46-27-32(19-12-13-21-38-37(45)47-26-28-15-8-6-9-16-28)39-36(44)30(14-4-2)23-34(42)40-24-31-18-11-10-17-29(31)22-33(40)25-41/h3-4,6,8-11,15-18,30,32-33,41H,1-2,5,7,12-14,19-27H2,(H,38,45)(H,39,44)/t30-,32+,33+/m1/s1. The van der Waals surface area contributed by atoms with Gasteiger partial charge < -0.3 is 30.1 Å². The second kappa shape index (κ2) is 20.6. The largest absolute Gasteiger partial charge is 0.463 e. The van der Waals surface area contributed by atoms with Crippen molar-refractivity contribution in [1.82, 2.24) is 15.5 Å². The zero-order valence-corrected chi connectivity index (χ0v) is 27.2. The Balaban J connectivity index is 1.54. The molecule has 1 aliphatic rings. The van der Waals surface area contributed by atoms with E-state index in [0.717, 1.165) is 16.7 Å². The van der Waals surface area contributed by atoms with Crippen molar-refractivity contribution < 1.29 is 33.8 Å².